The van der Waals surface area contributed by atoms with Crippen molar-refractivity contribution in [1.82, 2.24) is 0 Å². The van der Waals surface area contributed by atoms with Crippen LogP contribution in [0.3, 0.4) is 0 Å². The molecule has 0 fully saturated rings. The molecule has 0 heterocycles. The lowest BCUT2D eigenvalue weighted by Gasteiger charge is -1.89. The van der Waals surface area contributed by atoms with Crippen molar-refractivity contribution in [3.63, 3.8) is 0 Å². The molecule has 0 saturated carbocycles. The standard InChI is InChI=1S/C7H8O.H2O3S/c8-6-7-4-2-1-3-5-7;1-4(2)3/h1-5,8H,6H2;4H,(H,1,2,3). The van der Waals surface area contributed by atoms with E-state index in [4.69, 9.17) is 18.1 Å². The van der Waals surface area contributed by atoms with Crippen LogP contribution in [-0.4, -0.2) is 18.1 Å². The molecule has 0 radical (unpaired) electrons. The highest BCUT2D eigenvalue weighted by Crippen LogP contribution is 1.95. The summed E-state index contributed by atoms with van der Waals surface area (Å²) >= 11 is 0. The van der Waals surface area contributed by atoms with Gasteiger partial charge in [0.15, 0.2) is 0 Å². The summed E-state index contributed by atoms with van der Waals surface area (Å²) in [4.78, 5) is 0. The minimum absolute atomic E-state index is 0.140. The third-order valence-electron chi connectivity index (χ3n) is 1.03. The van der Waals surface area contributed by atoms with E-state index in [1.54, 1.807) is 0 Å². The van der Waals surface area contributed by atoms with Gasteiger partial charge in [0.05, 0.1) is 6.61 Å². The molecule has 0 amide bonds. The molecule has 0 spiro atoms. The van der Waals surface area contributed by atoms with Gasteiger partial charge < -0.3 is 5.11 Å². The van der Waals surface area contributed by atoms with Crippen molar-refractivity contribution in [2.24, 2.45) is 0 Å². The van der Waals surface area contributed by atoms with Crippen molar-refractivity contribution < 1.29 is 18.1 Å². The van der Waals surface area contributed by atoms with Crippen molar-refractivity contribution >= 4 is 11.0 Å². The van der Waals surface area contributed by atoms with Gasteiger partial charge in [0.2, 0.25) is 0 Å². The molecule has 1 aromatic carbocycles. The van der Waals surface area contributed by atoms with Crippen molar-refractivity contribution in [3.8, 4) is 0 Å². The Kier molecular flexibility index (Phi) is 6.26. The predicted octanol–water partition coefficient (Wildman–Crippen LogP) is 0.250. The van der Waals surface area contributed by atoms with Crippen molar-refractivity contribution in [1.29, 1.82) is 0 Å². The number of hydrogen-bond donors (Lipinski definition) is 3. The van der Waals surface area contributed by atoms with Crippen LogP contribution >= 0.6 is 0 Å². The molecule has 12 heavy (non-hydrogen) atoms. The lowest BCUT2D eigenvalue weighted by Crippen LogP contribution is -1.77. The molecule has 5 heteroatoms. The first-order valence-corrected chi connectivity index (χ1v) is 4.28. The zero-order chi connectivity index (χ0) is 9.40. The van der Waals surface area contributed by atoms with Gasteiger partial charge in [-0.05, 0) is 5.56 Å². The van der Waals surface area contributed by atoms with Crippen LogP contribution in [0.5, 0.6) is 0 Å². The van der Waals surface area contributed by atoms with Gasteiger partial charge in [0.1, 0.15) is 0 Å². The number of hydrogen-bond acceptors (Lipinski definition) is 3. The Labute approximate surface area is 72.3 Å². The Hall–Kier alpha value is -0.910. The van der Waals surface area contributed by atoms with Crippen LogP contribution in [0.25, 0.3) is 0 Å². The Morgan fingerprint density at radius 2 is 1.58 bits per heavy atom. The molecule has 0 aliphatic rings. The number of rotatable bonds is 1. The molecule has 4 nitrogen and oxygen atoms in total. The first-order valence-electron chi connectivity index (χ1n) is 3.15. The van der Waals surface area contributed by atoms with Gasteiger partial charge in [-0.3, -0.25) is 4.55 Å². The molecule has 1 rings (SSSR count). The number of aliphatic hydroxyl groups excluding tert-OH is 1. The SMILES string of the molecule is O=[SH](=O)O.OCc1ccccc1. The van der Waals surface area contributed by atoms with Gasteiger partial charge in [-0.25, -0.2) is 8.42 Å². The van der Waals surface area contributed by atoms with Crippen molar-refractivity contribution in [3.05, 3.63) is 35.9 Å². The fourth-order valence-corrected chi connectivity index (χ4v) is 0.583. The van der Waals surface area contributed by atoms with Gasteiger partial charge in [-0.2, -0.15) is 0 Å². The second-order valence-corrected chi connectivity index (χ2v) is 2.36. The van der Waals surface area contributed by atoms with E-state index in [-0.39, 0.29) is 6.61 Å². The van der Waals surface area contributed by atoms with Gasteiger partial charge in [-0.15, -0.1) is 0 Å². The lowest BCUT2D eigenvalue weighted by molar-refractivity contribution is 0.282. The zero-order valence-corrected chi connectivity index (χ0v) is 7.15. The summed E-state index contributed by atoms with van der Waals surface area (Å²) in [6.07, 6.45) is 0. The molecule has 0 saturated heterocycles. The average molecular weight is 190 g/mol. The van der Waals surface area contributed by atoms with Crippen LogP contribution in [0.4, 0.5) is 0 Å². The molecule has 0 aliphatic carbocycles. The van der Waals surface area contributed by atoms with Gasteiger partial charge in [-0.1, -0.05) is 30.3 Å². The molecule has 0 atom stereocenters. The summed E-state index contributed by atoms with van der Waals surface area (Å²) in [7, 11) is -3.12. The van der Waals surface area contributed by atoms with E-state index in [9.17, 15) is 0 Å². The van der Waals surface area contributed by atoms with Crippen LogP contribution in [-0.2, 0) is 17.6 Å². The normalized spacial score (nSPS) is 8.92. The Morgan fingerprint density at radius 3 is 1.83 bits per heavy atom. The monoisotopic (exact) mass is 190 g/mol. The first kappa shape index (κ1) is 11.1. The maximum absolute atomic E-state index is 8.59. The summed E-state index contributed by atoms with van der Waals surface area (Å²) in [6.45, 7) is 0.140. The Bertz CT molecular complexity index is 260. The first-order chi connectivity index (χ1) is 5.66. The third-order valence-corrected chi connectivity index (χ3v) is 1.03. The molecule has 0 unspecified atom stereocenters. The molecule has 0 aliphatic heterocycles. The molecular formula is C7H10O4S. The van der Waals surface area contributed by atoms with Gasteiger partial charge in [0, 0.05) is 0 Å². The molecular weight excluding hydrogens is 180 g/mol. The lowest BCUT2D eigenvalue weighted by atomic mass is 10.2. The number of benzene rings is 1. The van der Waals surface area contributed by atoms with E-state index >= 15 is 0 Å². The molecule has 68 valence electrons. The zero-order valence-electron chi connectivity index (χ0n) is 6.25. The highest BCUT2D eigenvalue weighted by Gasteiger charge is 1.81. The molecule has 2 N–H and O–H groups in total. The summed E-state index contributed by atoms with van der Waals surface area (Å²) in [5, 5.41) is 8.54. The second kappa shape index (κ2) is 6.78. The van der Waals surface area contributed by atoms with E-state index in [1.807, 2.05) is 30.3 Å². The Balaban J connectivity index is 0.000000261. The van der Waals surface area contributed by atoms with Gasteiger partial charge >= 0.3 is 0 Å². The molecule has 1 aromatic rings. The second-order valence-electron chi connectivity index (χ2n) is 1.88. The molecule has 0 aromatic heterocycles. The maximum Gasteiger partial charge on any atom is 0.254 e. The average Bonchev–Trinajstić information content (AvgIpc) is 2.05. The van der Waals surface area contributed by atoms with Crippen molar-refractivity contribution in [2.45, 2.75) is 6.61 Å². The summed E-state index contributed by atoms with van der Waals surface area (Å²) in [5.74, 6) is 0. The predicted molar refractivity (Wildman–Crippen MR) is 45.3 cm³/mol. The van der Waals surface area contributed by atoms with E-state index in [1.165, 1.54) is 0 Å². The highest BCUT2D eigenvalue weighted by atomic mass is 32.2. The van der Waals surface area contributed by atoms with Crippen LogP contribution in [0.1, 0.15) is 5.56 Å². The van der Waals surface area contributed by atoms with E-state index < -0.39 is 11.0 Å². The summed E-state index contributed by atoms with van der Waals surface area (Å²) < 4.78 is 24.2. The minimum atomic E-state index is -3.12. The quantitative estimate of drug-likeness (QED) is 0.438. The Morgan fingerprint density at radius 1 is 1.17 bits per heavy atom. The van der Waals surface area contributed by atoms with E-state index in [0.29, 0.717) is 0 Å². The maximum atomic E-state index is 8.59. The van der Waals surface area contributed by atoms with E-state index in [0.717, 1.165) is 5.56 Å². The van der Waals surface area contributed by atoms with Crippen LogP contribution in [0.2, 0.25) is 0 Å². The summed E-state index contributed by atoms with van der Waals surface area (Å²) in [6, 6.07) is 9.52. The van der Waals surface area contributed by atoms with E-state index in [2.05, 4.69) is 0 Å². The molecule has 0 bridgehead atoms. The van der Waals surface area contributed by atoms with Crippen LogP contribution < -0.4 is 0 Å². The van der Waals surface area contributed by atoms with Crippen LogP contribution in [0, 0.1) is 0 Å². The van der Waals surface area contributed by atoms with Crippen LogP contribution in [0.15, 0.2) is 30.3 Å². The number of thiol groups is 1. The third kappa shape index (κ3) is 7.20. The highest BCUT2D eigenvalue weighted by molar-refractivity contribution is 7.66. The summed E-state index contributed by atoms with van der Waals surface area (Å²) in [5.41, 5.74) is 0.965. The smallest absolute Gasteiger partial charge is 0.254 e. The van der Waals surface area contributed by atoms with Crippen molar-refractivity contribution in [2.75, 3.05) is 0 Å². The minimum Gasteiger partial charge on any atom is -0.392 e. The largest absolute Gasteiger partial charge is 0.392 e. The van der Waals surface area contributed by atoms with Gasteiger partial charge in [0.25, 0.3) is 11.0 Å². The number of aliphatic hydroxyl groups is 1. The topological polar surface area (TPSA) is 74.6 Å². The fourth-order valence-electron chi connectivity index (χ4n) is 0.583. The fraction of sp³-hybridized carbons (Fsp3) is 0.143.